The first-order valence-corrected chi connectivity index (χ1v) is 97.1. The first-order valence-electron chi connectivity index (χ1n) is 48.9. The SMILES string of the molecule is CCO[Si](CC[Si](C)(C)O[SiH]1O[Si]2(OC)O[Si]3(O[Si](C)(C)CC[Si](OCC)(OCC)OCC)O[Si](O)(O[Si](C)(C)CC[Si](OCC)(OCC)OCC)O[Si]4(O[Si](C)(C)CC[Si](OCC)(OCC)OCC)O[Si](O[Si](C)(C)CC[Si](OCC)(OCC)OCC)(O1)O[Si](O[Si](C)(C)CC[Si](OCC)(OCC)OCC)(O2)O[Si](O[Si](C)(C)CC[Si](OCC)(OCC)OCC)(O3)O4)(OCC)OCC. The number of hydrogen-bond donors (Lipinski definition) is 1. The largest absolute Gasteiger partial charge is 0.660 e. The lowest BCUT2D eigenvalue weighted by Crippen LogP contribution is -2.88. The Labute approximate surface area is 830 Å². The number of hydrogen-bond acceptors (Lipinski definition) is 41. The van der Waals surface area contributed by atoms with Crippen molar-refractivity contribution in [3.05, 3.63) is 0 Å². The molecule has 8 unspecified atom stereocenters. The normalized spacial score (nSPS) is 24.4. The lowest BCUT2D eigenvalue weighted by Gasteiger charge is -2.57. The van der Waals surface area contributed by atoms with Gasteiger partial charge in [-0.15, -0.1) is 0 Å². The minimum atomic E-state index is -6.21. The fourth-order valence-corrected chi connectivity index (χ4v) is 112. The van der Waals surface area contributed by atoms with Crippen LogP contribution in [-0.4, -0.2) is 343 Å². The molecule has 1 N–H and O–H groups in total. The van der Waals surface area contributed by atoms with E-state index in [0.717, 1.165) is 0 Å². The smallest absolute Gasteiger partial charge is 0.419 e. The van der Waals surface area contributed by atoms with E-state index in [4.69, 9.17) is 171 Å². The summed E-state index contributed by atoms with van der Waals surface area (Å²) >= 11 is 0. The van der Waals surface area contributed by atoms with E-state index >= 15 is 4.80 Å². The van der Waals surface area contributed by atoms with Crippen LogP contribution < -0.4 is 0 Å². The summed E-state index contributed by atoms with van der Waals surface area (Å²) in [6, 6.07) is 2.85. The molecule has 4 fully saturated rings. The topological polar surface area (TPSA) is 389 Å². The third-order valence-electron chi connectivity index (χ3n) is 20.7. The highest BCUT2D eigenvalue weighted by atomic mass is 28.7. The Hall–Kier alpha value is 3.13. The van der Waals surface area contributed by atoms with Crippen LogP contribution in [0.25, 0.3) is 0 Å². The van der Waals surface area contributed by atoms with Crippen molar-refractivity contribution in [2.45, 2.75) is 322 Å². The number of rotatable bonds is 78. The molecular weight excluding hydrogens is 2130 g/mol. The van der Waals surface area contributed by atoms with Crippen LogP contribution in [0.5, 0.6) is 0 Å². The molecule has 4 heterocycles. The molecule has 4 aliphatic rings. The van der Waals surface area contributed by atoms with Gasteiger partial charge >= 0.3 is 134 Å². The molecule has 4 saturated heterocycles. The van der Waals surface area contributed by atoms with Crippen molar-refractivity contribution in [1.29, 1.82) is 0 Å². The van der Waals surface area contributed by atoms with Crippen molar-refractivity contribution in [2.24, 2.45) is 0 Å². The first-order chi connectivity index (χ1) is 62.7. The Bertz CT molecular complexity index is 3150. The highest BCUT2D eigenvalue weighted by Crippen LogP contribution is 2.52. The van der Waals surface area contributed by atoms with E-state index in [1.807, 2.05) is 237 Å². The van der Waals surface area contributed by atoms with Gasteiger partial charge in [0.15, 0.2) is 58.2 Å². The van der Waals surface area contributed by atoms with Gasteiger partial charge in [0.1, 0.15) is 0 Å². The third-order valence-corrected chi connectivity index (χ3v) is 101. The molecule has 0 saturated carbocycles. The fraction of sp³-hybridized carbons (Fsp3) is 1.00. The molecule has 0 radical (unpaired) electrons. The molecule has 63 heteroatoms. The van der Waals surface area contributed by atoms with Gasteiger partial charge in [-0.2, -0.15) is 0 Å². The van der Waals surface area contributed by atoms with E-state index in [9.17, 15) is 0 Å². The van der Waals surface area contributed by atoms with Crippen molar-refractivity contribution < 1.29 is 176 Å². The molecule has 0 aromatic rings. The Balaban J connectivity index is 2.73. The number of fused-ring (bicyclic) bond motifs is 4. The highest BCUT2D eigenvalue weighted by molar-refractivity contribution is 7.02. The molecule has 0 spiro atoms. The monoisotopic (exact) mass is 2300 g/mol. The van der Waals surface area contributed by atoms with Crippen LogP contribution in [0, 0.1) is 0 Å². The first kappa shape index (κ1) is 129. The maximum absolute atomic E-state index is 15.4. The molecule has 0 aliphatic carbocycles. The van der Waals surface area contributed by atoms with Crippen LogP contribution in [0.3, 0.4) is 0 Å². The van der Waals surface area contributed by atoms with Crippen LogP contribution in [0.1, 0.15) is 145 Å². The Kier molecular flexibility index (Phi) is 56.0. The van der Waals surface area contributed by atoms with Crippen molar-refractivity contribution >= 4 is 193 Å². The predicted octanol–water partition coefficient (Wildman–Crippen LogP) is 14.5. The summed E-state index contributed by atoms with van der Waals surface area (Å²) < 4.78 is 292. The molecule has 4 aliphatic heterocycles. The van der Waals surface area contributed by atoms with Crippen molar-refractivity contribution in [3.63, 3.8) is 0 Å². The molecule has 4 rings (SSSR count). The lowest BCUT2D eigenvalue weighted by molar-refractivity contribution is -0.105. The molecule has 8 atom stereocenters. The summed E-state index contributed by atoms with van der Waals surface area (Å²) in [5.74, 6) is 0. The zero-order chi connectivity index (χ0) is 101. The molecule has 41 nitrogen and oxygen atoms in total. The van der Waals surface area contributed by atoms with Crippen molar-refractivity contribution in [2.75, 3.05) is 146 Å². The van der Waals surface area contributed by atoms with Crippen LogP contribution in [-0.2, 0) is 171 Å². The molecule has 798 valence electrons. The van der Waals surface area contributed by atoms with Gasteiger partial charge in [-0.1, -0.05) is 0 Å². The van der Waals surface area contributed by atoms with Crippen LogP contribution in [0.15, 0.2) is 0 Å². The third kappa shape index (κ3) is 40.8. The van der Waals surface area contributed by atoms with Crippen LogP contribution in [0.2, 0.25) is 176 Å². The van der Waals surface area contributed by atoms with Crippen LogP contribution in [0.4, 0.5) is 0 Å². The van der Waals surface area contributed by atoms with Gasteiger partial charge in [0, 0.05) is 188 Å². The maximum atomic E-state index is 15.4. The predicted molar refractivity (Wildman–Crippen MR) is 550 cm³/mol. The van der Waals surface area contributed by atoms with E-state index in [1.54, 1.807) is 0 Å². The van der Waals surface area contributed by atoms with Gasteiger partial charge in [-0.05, 0) is 279 Å². The Morgan fingerprint density at radius 2 is 0.328 bits per heavy atom. The average Bonchev–Trinajstić information content (AvgIpc) is 0.692. The molecule has 134 heavy (non-hydrogen) atoms. The second kappa shape index (κ2) is 57.9. The van der Waals surface area contributed by atoms with E-state index in [-0.39, 0.29) is 191 Å². The Morgan fingerprint density at radius 3 is 0.507 bits per heavy atom. The van der Waals surface area contributed by atoms with Crippen LogP contribution >= 0.6 is 0 Å². The quantitative estimate of drug-likeness (QED) is 0.0553. The van der Waals surface area contributed by atoms with E-state index in [0.29, 0.717) is 31.9 Å². The fourth-order valence-electron chi connectivity index (χ4n) is 15.4. The average molecular weight is 2310 g/mol. The highest BCUT2D eigenvalue weighted by Gasteiger charge is 2.88. The van der Waals surface area contributed by atoms with E-state index < -0.39 is 193 Å². The second-order valence-electron chi connectivity index (χ2n) is 35.6. The van der Waals surface area contributed by atoms with Gasteiger partial charge < -0.3 is 176 Å². The van der Waals surface area contributed by atoms with Gasteiger partial charge in [0.25, 0.3) is 0 Å². The summed E-state index contributed by atoms with van der Waals surface area (Å²) in [4.78, 5) is 15.4. The molecule has 0 aromatic heterocycles. The van der Waals surface area contributed by atoms with Crippen molar-refractivity contribution in [1.82, 2.24) is 0 Å². The maximum Gasteiger partial charge on any atom is 0.660 e. The Morgan fingerprint density at radius 1 is 0.187 bits per heavy atom. The standard InChI is InChI=1S/C71H180O41Si22/c1-37-74-121(75-38-2,76-39-3)65-58-114(23,24)95-113-96-129(73-22)106-131(100-117(29,30)61-68-124(83-46-10,84-47-11)85-48-12)104-128(72,98-115(25,26)59-66-122(77-40-4,78-41-5)79-42-6)105-132(101-118(31,32)62-69-125(86-49-13,87-50-14)88-51-15)108-130(97-113,99-116(27,28)60-67-123(80-43-7,81-44-8)82-45-9)109-133(107-129,102-119(33,34)63-70-126(89-52-16,90-53-17)91-54-18)112-134(110-131,111-132)103-120(35,36)64-71-127(92-55-19,93-56-20)94-57-21/h72,113H,37-71H2,1-36H3. The minimum Gasteiger partial charge on any atom is -0.419 e. The van der Waals surface area contributed by atoms with Gasteiger partial charge in [0.05, 0.1) is 0 Å². The van der Waals surface area contributed by atoms with Gasteiger partial charge in [-0.3, -0.25) is 0 Å². The lowest BCUT2D eigenvalue weighted by atomic mass is 10.9. The van der Waals surface area contributed by atoms with Crippen molar-refractivity contribution in [3.8, 4) is 0 Å². The molecule has 6 bridgehead atoms. The summed E-state index contributed by atoms with van der Waals surface area (Å²) in [6.07, 6.45) is 0. The minimum absolute atomic E-state index is 0.153. The molecule has 0 aromatic carbocycles. The van der Waals surface area contributed by atoms with E-state index in [2.05, 4.69) is 0 Å². The summed E-state index contributed by atoms with van der Waals surface area (Å²) in [5, 5.41) is 0. The zero-order valence-electron chi connectivity index (χ0n) is 88.6. The zero-order valence-corrected chi connectivity index (χ0v) is 111. The summed E-state index contributed by atoms with van der Waals surface area (Å²) in [7, 11) is -97.0. The van der Waals surface area contributed by atoms with E-state index in [1.165, 1.54) is 7.11 Å². The summed E-state index contributed by atoms with van der Waals surface area (Å²) in [6.45, 7) is 72.5. The second-order valence-corrected chi connectivity index (χ2v) is 106. The molecular formula is C71H180O41Si22. The summed E-state index contributed by atoms with van der Waals surface area (Å²) in [5.41, 5.74) is 0. The van der Waals surface area contributed by atoms with Gasteiger partial charge in [-0.25, -0.2) is 0 Å². The van der Waals surface area contributed by atoms with Gasteiger partial charge in [0.2, 0.25) is 0 Å². The molecule has 0 amide bonds.